The van der Waals surface area contributed by atoms with Crippen molar-refractivity contribution >= 4 is 22.5 Å². The summed E-state index contributed by atoms with van der Waals surface area (Å²) in [4.78, 5) is 2.24. The lowest BCUT2D eigenvalue weighted by Crippen LogP contribution is -2.20. The highest BCUT2D eigenvalue weighted by molar-refractivity contribution is 6.17. The Kier molecular flexibility index (Phi) is 3.75. The number of hydrogen-bond donors (Lipinski definition) is 0. The predicted molar refractivity (Wildman–Crippen MR) is 74.7 cm³/mol. The smallest absolute Gasteiger partial charge is 0.0481 e. The van der Waals surface area contributed by atoms with Gasteiger partial charge in [-0.05, 0) is 32.1 Å². The molecule has 0 aliphatic carbocycles. The summed E-state index contributed by atoms with van der Waals surface area (Å²) in [5, 5.41) is 1.33. The SMILES string of the molecule is CN(C)C(CCCl)c1cn(C)c2ccccc12. The number of para-hydroxylation sites is 1. The largest absolute Gasteiger partial charge is 0.350 e. The van der Waals surface area contributed by atoms with Crippen LogP contribution < -0.4 is 0 Å². The number of benzene rings is 1. The molecule has 0 fully saturated rings. The molecule has 17 heavy (non-hydrogen) atoms. The molecule has 0 aliphatic rings. The van der Waals surface area contributed by atoms with Gasteiger partial charge in [-0.1, -0.05) is 18.2 Å². The molecule has 1 unspecified atom stereocenters. The van der Waals surface area contributed by atoms with Crippen LogP contribution in [-0.4, -0.2) is 29.4 Å². The van der Waals surface area contributed by atoms with Crippen LogP contribution in [0.5, 0.6) is 0 Å². The van der Waals surface area contributed by atoms with E-state index in [0.717, 1.165) is 6.42 Å². The Balaban J connectivity index is 2.53. The maximum absolute atomic E-state index is 5.91. The minimum absolute atomic E-state index is 0.388. The van der Waals surface area contributed by atoms with Crippen molar-refractivity contribution in [1.29, 1.82) is 0 Å². The zero-order chi connectivity index (χ0) is 12.4. The molecule has 0 N–H and O–H groups in total. The number of alkyl halides is 1. The fraction of sp³-hybridized carbons (Fsp3) is 0.429. The Bertz CT molecular complexity index is 502. The van der Waals surface area contributed by atoms with Crippen molar-refractivity contribution < 1.29 is 0 Å². The lowest BCUT2D eigenvalue weighted by atomic mass is 10.0. The minimum Gasteiger partial charge on any atom is -0.350 e. The molecular formula is C14H19ClN2. The van der Waals surface area contributed by atoms with E-state index in [1.165, 1.54) is 16.5 Å². The summed E-state index contributed by atoms with van der Waals surface area (Å²) in [6.07, 6.45) is 3.20. The van der Waals surface area contributed by atoms with E-state index in [0.29, 0.717) is 11.9 Å². The van der Waals surface area contributed by atoms with E-state index in [2.05, 4.69) is 61.1 Å². The van der Waals surface area contributed by atoms with Crippen LogP contribution in [0.1, 0.15) is 18.0 Å². The first-order valence-electron chi connectivity index (χ1n) is 5.91. The average molecular weight is 251 g/mol. The summed E-state index contributed by atoms with van der Waals surface area (Å²) in [5.41, 5.74) is 2.65. The number of rotatable bonds is 4. The highest BCUT2D eigenvalue weighted by atomic mass is 35.5. The monoisotopic (exact) mass is 250 g/mol. The van der Waals surface area contributed by atoms with E-state index in [1.807, 2.05) is 0 Å². The van der Waals surface area contributed by atoms with Crippen LogP contribution in [0.3, 0.4) is 0 Å². The van der Waals surface area contributed by atoms with Gasteiger partial charge in [0.25, 0.3) is 0 Å². The predicted octanol–water partition coefficient (Wildman–Crippen LogP) is 3.41. The van der Waals surface area contributed by atoms with Crippen molar-refractivity contribution in [3.8, 4) is 0 Å². The van der Waals surface area contributed by atoms with E-state index in [9.17, 15) is 0 Å². The summed E-state index contributed by atoms with van der Waals surface area (Å²) in [6.45, 7) is 0. The molecule has 0 bridgehead atoms. The fourth-order valence-corrected chi connectivity index (χ4v) is 2.64. The molecule has 0 saturated carbocycles. The first-order valence-corrected chi connectivity index (χ1v) is 6.45. The van der Waals surface area contributed by atoms with Gasteiger partial charge in [-0.2, -0.15) is 0 Å². The van der Waals surface area contributed by atoms with Crippen LogP contribution in [0.4, 0.5) is 0 Å². The zero-order valence-electron chi connectivity index (χ0n) is 10.7. The normalized spacial score (nSPS) is 13.5. The highest BCUT2D eigenvalue weighted by Crippen LogP contribution is 2.30. The molecule has 0 spiro atoms. The van der Waals surface area contributed by atoms with Gasteiger partial charge < -0.3 is 9.47 Å². The Hall–Kier alpha value is -0.990. The zero-order valence-corrected chi connectivity index (χ0v) is 11.4. The molecule has 2 aromatic rings. The van der Waals surface area contributed by atoms with E-state index in [4.69, 9.17) is 11.6 Å². The van der Waals surface area contributed by atoms with Crippen LogP contribution in [0.15, 0.2) is 30.5 Å². The van der Waals surface area contributed by atoms with Gasteiger partial charge in [0.05, 0.1) is 0 Å². The molecule has 3 heteroatoms. The van der Waals surface area contributed by atoms with Crippen molar-refractivity contribution in [2.24, 2.45) is 7.05 Å². The molecule has 1 atom stereocenters. The fourth-order valence-electron chi connectivity index (χ4n) is 2.43. The first-order chi connectivity index (χ1) is 8.15. The molecule has 92 valence electrons. The summed E-state index contributed by atoms with van der Waals surface area (Å²) >= 11 is 5.91. The number of aromatic nitrogens is 1. The number of fused-ring (bicyclic) bond motifs is 1. The molecule has 0 radical (unpaired) electrons. The van der Waals surface area contributed by atoms with Crippen LogP contribution >= 0.6 is 11.6 Å². The van der Waals surface area contributed by atoms with Gasteiger partial charge in [-0.3, -0.25) is 0 Å². The molecule has 1 aromatic carbocycles. The third-order valence-electron chi connectivity index (χ3n) is 3.29. The molecule has 1 heterocycles. The van der Waals surface area contributed by atoms with Gasteiger partial charge in [0, 0.05) is 36.1 Å². The molecule has 1 aromatic heterocycles. The summed E-state index contributed by atoms with van der Waals surface area (Å²) in [6, 6.07) is 8.91. The first kappa shape index (κ1) is 12.5. The number of nitrogens with zero attached hydrogens (tertiary/aromatic N) is 2. The maximum Gasteiger partial charge on any atom is 0.0481 e. The van der Waals surface area contributed by atoms with Gasteiger partial charge in [-0.25, -0.2) is 0 Å². The Morgan fingerprint density at radius 1 is 1.29 bits per heavy atom. The second kappa shape index (κ2) is 5.11. The third kappa shape index (κ3) is 2.33. The number of hydrogen-bond acceptors (Lipinski definition) is 1. The topological polar surface area (TPSA) is 8.17 Å². The Morgan fingerprint density at radius 2 is 2.00 bits per heavy atom. The third-order valence-corrected chi connectivity index (χ3v) is 3.51. The van der Waals surface area contributed by atoms with Crippen LogP contribution in [0, 0.1) is 0 Å². The van der Waals surface area contributed by atoms with Gasteiger partial charge in [-0.15, -0.1) is 11.6 Å². The maximum atomic E-state index is 5.91. The van der Waals surface area contributed by atoms with E-state index in [-0.39, 0.29) is 0 Å². The van der Waals surface area contributed by atoms with Gasteiger partial charge >= 0.3 is 0 Å². The standard InChI is InChI=1S/C14H19ClN2/c1-16(2)13(8-9-15)12-10-17(3)14-7-5-4-6-11(12)14/h4-7,10,13H,8-9H2,1-3H3. The van der Waals surface area contributed by atoms with Crippen LogP contribution in [0.25, 0.3) is 10.9 Å². The lowest BCUT2D eigenvalue weighted by molar-refractivity contribution is 0.294. The summed E-state index contributed by atoms with van der Waals surface area (Å²) in [7, 11) is 6.32. The summed E-state index contributed by atoms with van der Waals surface area (Å²) < 4.78 is 2.19. The number of aryl methyl sites for hydroxylation is 1. The molecular weight excluding hydrogens is 232 g/mol. The quantitative estimate of drug-likeness (QED) is 0.755. The lowest BCUT2D eigenvalue weighted by Gasteiger charge is -2.23. The molecule has 2 rings (SSSR count). The van der Waals surface area contributed by atoms with Crippen molar-refractivity contribution in [3.05, 3.63) is 36.0 Å². The average Bonchev–Trinajstić information content (AvgIpc) is 2.64. The van der Waals surface area contributed by atoms with Gasteiger partial charge in [0.15, 0.2) is 0 Å². The Labute approximate surface area is 108 Å². The van der Waals surface area contributed by atoms with E-state index >= 15 is 0 Å². The second-order valence-corrected chi connectivity index (χ2v) is 5.05. The second-order valence-electron chi connectivity index (χ2n) is 4.67. The summed E-state index contributed by atoms with van der Waals surface area (Å²) in [5.74, 6) is 0.687. The number of halogens is 1. The van der Waals surface area contributed by atoms with Crippen LogP contribution in [0.2, 0.25) is 0 Å². The van der Waals surface area contributed by atoms with Crippen molar-refractivity contribution in [2.45, 2.75) is 12.5 Å². The van der Waals surface area contributed by atoms with Crippen LogP contribution in [-0.2, 0) is 7.05 Å². The van der Waals surface area contributed by atoms with Gasteiger partial charge in [0.1, 0.15) is 0 Å². The molecule has 0 amide bonds. The van der Waals surface area contributed by atoms with Gasteiger partial charge in [0.2, 0.25) is 0 Å². The Morgan fingerprint density at radius 3 is 2.65 bits per heavy atom. The van der Waals surface area contributed by atoms with Crippen molar-refractivity contribution in [2.75, 3.05) is 20.0 Å². The van der Waals surface area contributed by atoms with E-state index < -0.39 is 0 Å². The van der Waals surface area contributed by atoms with E-state index in [1.54, 1.807) is 0 Å². The van der Waals surface area contributed by atoms with Crippen molar-refractivity contribution in [3.63, 3.8) is 0 Å². The highest BCUT2D eigenvalue weighted by Gasteiger charge is 2.18. The minimum atomic E-state index is 0.388. The molecule has 0 aliphatic heterocycles. The molecule has 2 nitrogen and oxygen atoms in total. The van der Waals surface area contributed by atoms with Crippen molar-refractivity contribution in [1.82, 2.24) is 9.47 Å². The molecule has 0 saturated heterocycles.